The molecule has 1 aliphatic rings. The summed E-state index contributed by atoms with van der Waals surface area (Å²) in [5, 5.41) is 2.93. The van der Waals surface area contributed by atoms with E-state index in [0.29, 0.717) is 11.7 Å². The molecular weight excluding hydrogens is 252 g/mol. The summed E-state index contributed by atoms with van der Waals surface area (Å²) in [6.07, 6.45) is 0. The van der Waals surface area contributed by atoms with E-state index in [4.69, 9.17) is 5.73 Å². The van der Waals surface area contributed by atoms with Gasteiger partial charge in [0, 0.05) is 37.1 Å². The first-order valence-corrected chi connectivity index (χ1v) is 7.08. The Balaban J connectivity index is 1.95. The zero-order valence-electron chi connectivity index (χ0n) is 12.5. The molecule has 5 heteroatoms. The van der Waals surface area contributed by atoms with Gasteiger partial charge in [0.15, 0.2) is 0 Å². The minimum atomic E-state index is -0.132. The van der Waals surface area contributed by atoms with Crippen LogP contribution in [0, 0.1) is 0 Å². The van der Waals surface area contributed by atoms with Gasteiger partial charge in [-0.15, -0.1) is 0 Å². The van der Waals surface area contributed by atoms with Gasteiger partial charge < -0.3 is 16.0 Å². The van der Waals surface area contributed by atoms with Crippen molar-refractivity contribution in [2.24, 2.45) is 0 Å². The summed E-state index contributed by atoms with van der Waals surface area (Å²) in [6.45, 7) is 6.99. The molecule has 2 atom stereocenters. The van der Waals surface area contributed by atoms with Crippen molar-refractivity contribution in [1.82, 2.24) is 9.80 Å². The molecule has 5 nitrogen and oxygen atoms in total. The molecule has 2 unspecified atom stereocenters. The molecular formula is C15H24N4O. The lowest BCUT2D eigenvalue weighted by Gasteiger charge is -2.40. The van der Waals surface area contributed by atoms with E-state index in [2.05, 4.69) is 29.1 Å². The summed E-state index contributed by atoms with van der Waals surface area (Å²) in [5.41, 5.74) is 7.13. The van der Waals surface area contributed by atoms with Crippen molar-refractivity contribution in [3.63, 3.8) is 0 Å². The first kappa shape index (κ1) is 14.8. The summed E-state index contributed by atoms with van der Waals surface area (Å²) in [5.74, 6) is 0.0207. The average Bonchev–Trinajstić information content (AvgIpc) is 2.41. The summed E-state index contributed by atoms with van der Waals surface area (Å²) < 4.78 is 0. The number of rotatable bonds is 3. The second-order valence-corrected chi connectivity index (χ2v) is 5.62. The van der Waals surface area contributed by atoms with Crippen LogP contribution in [0.2, 0.25) is 0 Å². The third-order valence-corrected chi connectivity index (χ3v) is 4.07. The zero-order valence-corrected chi connectivity index (χ0v) is 12.5. The molecule has 0 aromatic heterocycles. The number of hydrogen-bond acceptors (Lipinski definition) is 4. The van der Waals surface area contributed by atoms with Crippen LogP contribution >= 0.6 is 0 Å². The predicted molar refractivity (Wildman–Crippen MR) is 82.6 cm³/mol. The molecule has 0 saturated carbocycles. The predicted octanol–water partition coefficient (Wildman–Crippen LogP) is 1.23. The van der Waals surface area contributed by atoms with Crippen LogP contribution in [0.3, 0.4) is 0 Å². The number of likely N-dealkylation sites (N-methyl/N-ethyl adjacent to an activating group) is 1. The molecule has 1 amide bonds. The topological polar surface area (TPSA) is 61.6 Å². The second-order valence-electron chi connectivity index (χ2n) is 5.62. The first-order valence-electron chi connectivity index (χ1n) is 7.08. The molecule has 110 valence electrons. The number of hydrogen-bond donors (Lipinski definition) is 2. The molecule has 1 fully saturated rings. The largest absolute Gasteiger partial charge is 0.399 e. The first-order chi connectivity index (χ1) is 9.47. The Hall–Kier alpha value is -1.59. The van der Waals surface area contributed by atoms with E-state index in [1.165, 1.54) is 0 Å². The number of anilines is 2. The number of benzene rings is 1. The maximum Gasteiger partial charge on any atom is 0.241 e. The SMILES string of the molecule is CC1CN(C(C)C(=O)Nc2cccc(N)c2)CCN1C. The Morgan fingerprint density at radius 1 is 1.45 bits per heavy atom. The van der Waals surface area contributed by atoms with Gasteiger partial charge in [-0.2, -0.15) is 0 Å². The van der Waals surface area contributed by atoms with Gasteiger partial charge in [-0.1, -0.05) is 6.07 Å². The zero-order chi connectivity index (χ0) is 14.7. The number of amides is 1. The van der Waals surface area contributed by atoms with Gasteiger partial charge in [0.05, 0.1) is 6.04 Å². The Morgan fingerprint density at radius 2 is 2.20 bits per heavy atom. The van der Waals surface area contributed by atoms with E-state index in [9.17, 15) is 4.79 Å². The van der Waals surface area contributed by atoms with Gasteiger partial charge in [-0.25, -0.2) is 0 Å². The number of nitrogen functional groups attached to an aromatic ring is 1. The molecule has 1 aromatic rings. The highest BCUT2D eigenvalue weighted by Gasteiger charge is 2.27. The lowest BCUT2D eigenvalue weighted by molar-refractivity contribution is -0.121. The van der Waals surface area contributed by atoms with Gasteiger partial charge >= 0.3 is 0 Å². The lowest BCUT2D eigenvalue weighted by atomic mass is 10.1. The Bertz CT molecular complexity index is 477. The summed E-state index contributed by atoms with van der Waals surface area (Å²) in [6, 6.07) is 7.62. The fourth-order valence-electron chi connectivity index (χ4n) is 2.46. The molecule has 0 spiro atoms. The van der Waals surface area contributed by atoms with Gasteiger partial charge in [-0.05, 0) is 39.1 Å². The third kappa shape index (κ3) is 3.49. The van der Waals surface area contributed by atoms with Crippen LogP contribution in [-0.2, 0) is 4.79 Å². The quantitative estimate of drug-likeness (QED) is 0.815. The smallest absolute Gasteiger partial charge is 0.241 e. The minimum Gasteiger partial charge on any atom is -0.399 e. The third-order valence-electron chi connectivity index (χ3n) is 4.07. The highest BCUT2D eigenvalue weighted by atomic mass is 16.2. The monoisotopic (exact) mass is 276 g/mol. The summed E-state index contributed by atoms with van der Waals surface area (Å²) in [4.78, 5) is 16.9. The number of nitrogens with zero attached hydrogens (tertiary/aromatic N) is 2. The highest BCUT2D eigenvalue weighted by molar-refractivity contribution is 5.94. The molecule has 1 aliphatic heterocycles. The van der Waals surface area contributed by atoms with Crippen LogP contribution in [0.4, 0.5) is 11.4 Å². The van der Waals surface area contributed by atoms with E-state index in [-0.39, 0.29) is 11.9 Å². The second kappa shape index (κ2) is 6.24. The van der Waals surface area contributed by atoms with E-state index in [1.807, 2.05) is 19.1 Å². The van der Waals surface area contributed by atoms with Crippen molar-refractivity contribution in [1.29, 1.82) is 0 Å². The van der Waals surface area contributed by atoms with E-state index in [0.717, 1.165) is 25.3 Å². The van der Waals surface area contributed by atoms with Crippen molar-refractivity contribution in [2.45, 2.75) is 25.9 Å². The molecule has 1 heterocycles. The van der Waals surface area contributed by atoms with Crippen LogP contribution in [0.15, 0.2) is 24.3 Å². The molecule has 2 rings (SSSR count). The van der Waals surface area contributed by atoms with Crippen LogP contribution in [0.25, 0.3) is 0 Å². The van der Waals surface area contributed by atoms with Crippen molar-refractivity contribution < 1.29 is 4.79 Å². The van der Waals surface area contributed by atoms with E-state index < -0.39 is 0 Å². The standard InChI is InChI=1S/C15H24N4O/c1-11-10-19(8-7-18(11)3)12(2)15(20)17-14-6-4-5-13(16)9-14/h4-6,9,11-12H,7-8,10,16H2,1-3H3,(H,17,20). The molecule has 1 aromatic carbocycles. The summed E-state index contributed by atoms with van der Waals surface area (Å²) >= 11 is 0. The Labute approximate surface area is 120 Å². The minimum absolute atomic E-state index is 0.0207. The van der Waals surface area contributed by atoms with Gasteiger partial charge in [0.2, 0.25) is 5.91 Å². The van der Waals surface area contributed by atoms with Crippen molar-refractivity contribution in [3.05, 3.63) is 24.3 Å². The molecule has 0 aliphatic carbocycles. The van der Waals surface area contributed by atoms with Gasteiger partial charge in [0.25, 0.3) is 0 Å². The molecule has 0 radical (unpaired) electrons. The number of nitrogens with one attached hydrogen (secondary N) is 1. The fraction of sp³-hybridized carbons (Fsp3) is 0.533. The number of carbonyl (C=O) groups excluding carboxylic acids is 1. The maximum absolute atomic E-state index is 12.3. The number of nitrogens with two attached hydrogens (primary N) is 1. The number of carbonyl (C=O) groups is 1. The van der Waals surface area contributed by atoms with E-state index >= 15 is 0 Å². The normalized spacial score (nSPS) is 22.4. The molecule has 0 bridgehead atoms. The lowest BCUT2D eigenvalue weighted by Crippen LogP contribution is -2.55. The van der Waals surface area contributed by atoms with Crippen molar-refractivity contribution in [2.75, 3.05) is 37.7 Å². The summed E-state index contributed by atoms with van der Waals surface area (Å²) in [7, 11) is 2.12. The van der Waals surface area contributed by atoms with E-state index in [1.54, 1.807) is 12.1 Å². The number of piperazine rings is 1. The molecule has 3 N–H and O–H groups in total. The molecule has 1 saturated heterocycles. The van der Waals surface area contributed by atoms with Crippen LogP contribution in [0.5, 0.6) is 0 Å². The van der Waals surface area contributed by atoms with Crippen molar-refractivity contribution in [3.8, 4) is 0 Å². The molecule has 20 heavy (non-hydrogen) atoms. The average molecular weight is 276 g/mol. The van der Waals surface area contributed by atoms with Gasteiger partial charge in [-0.3, -0.25) is 9.69 Å². The maximum atomic E-state index is 12.3. The van der Waals surface area contributed by atoms with Crippen molar-refractivity contribution >= 4 is 17.3 Å². The highest BCUT2D eigenvalue weighted by Crippen LogP contribution is 2.15. The van der Waals surface area contributed by atoms with Gasteiger partial charge in [0.1, 0.15) is 0 Å². The fourth-order valence-corrected chi connectivity index (χ4v) is 2.46. The van der Waals surface area contributed by atoms with Crippen LogP contribution < -0.4 is 11.1 Å². The Kier molecular flexibility index (Phi) is 4.62. The van der Waals surface area contributed by atoms with Crippen LogP contribution in [0.1, 0.15) is 13.8 Å². The van der Waals surface area contributed by atoms with Crippen LogP contribution in [-0.4, -0.2) is 54.5 Å². The Morgan fingerprint density at radius 3 is 2.85 bits per heavy atom.